The summed E-state index contributed by atoms with van der Waals surface area (Å²) in [5.41, 5.74) is 1.51. The maximum Gasteiger partial charge on any atom is 0.245 e. The second-order valence-electron chi connectivity index (χ2n) is 5.23. The fraction of sp³-hybridized carbons (Fsp3) is 0.400. The Hall–Kier alpha value is -2.39. The first kappa shape index (κ1) is 13.6. The van der Waals surface area contributed by atoms with Crippen LogP contribution in [0, 0.1) is 11.3 Å². The zero-order valence-electron chi connectivity index (χ0n) is 12.0. The van der Waals surface area contributed by atoms with Gasteiger partial charge in [-0.3, -0.25) is 5.10 Å². The van der Waals surface area contributed by atoms with Crippen LogP contribution < -0.4 is 10.2 Å². The lowest BCUT2D eigenvalue weighted by molar-refractivity contribution is 0.439. The fourth-order valence-corrected chi connectivity index (χ4v) is 2.63. The van der Waals surface area contributed by atoms with Crippen LogP contribution in [0.2, 0.25) is 0 Å². The molecule has 2 heterocycles. The van der Waals surface area contributed by atoms with Crippen LogP contribution in [0.4, 0.5) is 5.95 Å². The minimum atomic E-state index is 0.590. The van der Waals surface area contributed by atoms with Gasteiger partial charge < -0.3 is 10.2 Å². The zero-order chi connectivity index (χ0) is 14.7. The number of hydrogen-bond acceptors (Lipinski definition) is 5. The van der Waals surface area contributed by atoms with Gasteiger partial charge in [-0.15, -0.1) is 5.10 Å². The SMILES string of the molecule is CNC1CCN(c2n[nH]c(-c3cccc(C#N)c3)n2)CC1. The van der Waals surface area contributed by atoms with E-state index in [2.05, 4.69) is 31.5 Å². The second kappa shape index (κ2) is 5.94. The zero-order valence-corrected chi connectivity index (χ0v) is 12.0. The molecule has 0 aliphatic carbocycles. The molecule has 1 fully saturated rings. The van der Waals surface area contributed by atoms with Gasteiger partial charge in [-0.1, -0.05) is 12.1 Å². The summed E-state index contributed by atoms with van der Waals surface area (Å²) in [4.78, 5) is 6.76. The first-order valence-corrected chi connectivity index (χ1v) is 7.15. The fourth-order valence-electron chi connectivity index (χ4n) is 2.63. The van der Waals surface area contributed by atoms with Crippen LogP contribution in [0.25, 0.3) is 11.4 Å². The highest BCUT2D eigenvalue weighted by atomic mass is 15.4. The standard InChI is InChI=1S/C15H18N6/c1-17-13-5-7-21(8-6-13)15-18-14(19-20-15)12-4-2-3-11(9-12)10-16/h2-4,9,13,17H,5-8H2,1H3,(H,18,19,20). The number of rotatable bonds is 3. The summed E-state index contributed by atoms with van der Waals surface area (Å²) in [5, 5.41) is 19.5. The number of H-pyrrole nitrogens is 1. The number of nitrogens with one attached hydrogen (secondary N) is 2. The summed E-state index contributed by atoms with van der Waals surface area (Å²) in [6.07, 6.45) is 2.20. The third-order valence-electron chi connectivity index (χ3n) is 3.92. The van der Waals surface area contributed by atoms with Gasteiger partial charge in [-0.05, 0) is 32.0 Å². The molecular formula is C15H18N6. The molecule has 0 unspecified atom stereocenters. The number of anilines is 1. The minimum Gasteiger partial charge on any atom is -0.339 e. The van der Waals surface area contributed by atoms with Crippen LogP contribution in [0.1, 0.15) is 18.4 Å². The van der Waals surface area contributed by atoms with Crippen LogP contribution in [0.5, 0.6) is 0 Å². The summed E-state index contributed by atoms with van der Waals surface area (Å²) < 4.78 is 0. The van der Waals surface area contributed by atoms with Gasteiger partial charge in [0.25, 0.3) is 0 Å². The molecular weight excluding hydrogens is 264 g/mol. The average molecular weight is 282 g/mol. The van der Waals surface area contributed by atoms with E-state index in [-0.39, 0.29) is 0 Å². The lowest BCUT2D eigenvalue weighted by Crippen LogP contribution is -2.41. The highest BCUT2D eigenvalue weighted by molar-refractivity contribution is 5.59. The van der Waals surface area contributed by atoms with E-state index in [1.165, 1.54) is 0 Å². The molecule has 0 bridgehead atoms. The van der Waals surface area contributed by atoms with E-state index in [0.717, 1.165) is 37.4 Å². The second-order valence-corrected chi connectivity index (χ2v) is 5.23. The maximum absolute atomic E-state index is 8.96. The van der Waals surface area contributed by atoms with Crippen molar-refractivity contribution in [3.63, 3.8) is 0 Å². The lowest BCUT2D eigenvalue weighted by Gasteiger charge is -2.30. The number of aromatic nitrogens is 3. The number of aromatic amines is 1. The van der Waals surface area contributed by atoms with Crippen LogP contribution in [-0.4, -0.2) is 41.4 Å². The monoisotopic (exact) mass is 282 g/mol. The van der Waals surface area contributed by atoms with E-state index < -0.39 is 0 Å². The molecule has 1 saturated heterocycles. The van der Waals surface area contributed by atoms with Gasteiger partial charge in [0.2, 0.25) is 5.95 Å². The quantitative estimate of drug-likeness (QED) is 0.892. The van der Waals surface area contributed by atoms with E-state index in [1.807, 2.05) is 25.2 Å². The van der Waals surface area contributed by atoms with Crippen molar-refractivity contribution in [2.24, 2.45) is 0 Å². The van der Waals surface area contributed by atoms with Gasteiger partial charge >= 0.3 is 0 Å². The van der Waals surface area contributed by atoms with Gasteiger partial charge in [0.05, 0.1) is 11.6 Å². The van der Waals surface area contributed by atoms with Crippen molar-refractivity contribution in [2.45, 2.75) is 18.9 Å². The van der Waals surface area contributed by atoms with E-state index in [9.17, 15) is 0 Å². The molecule has 0 saturated carbocycles. The van der Waals surface area contributed by atoms with Crippen molar-refractivity contribution in [3.8, 4) is 17.5 Å². The smallest absolute Gasteiger partial charge is 0.245 e. The molecule has 1 aromatic heterocycles. The topological polar surface area (TPSA) is 80.6 Å². The van der Waals surface area contributed by atoms with Crippen molar-refractivity contribution in [1.82, 2.24) is 20.5 Å². The number of benzene rings is 1. The van der Waals surface area contributed by atoms with Crippen molar-refractivity contribution in [3.05, 3.63) is 29.8 Å². The summed E-state index contributed by atoms with van der Waals surface area (Å²) in [7, 11) is 2.01. The largest absolute Gasteiger partial charge is 0.339 e. The number of nitrogens with zero attached hydrogens (tertiary/aromatic N) is 4. The highest BCUT2D eigenvalue weighted by Crippen LogP contribution is 2.21. The number of piperidine rings is 1. The molecule has 3 rings (SSSR count). The Morgan fingerprint density at radius 3 is 2.90 bits per heavy atom. The first-order chi connectivity index (χ1) is 10.3. The minimum absolute atomic E-state index is 0.590. The lowest BCUT2D eigenvalue weighted by atomic mass is 10.1. The number of hydrogen-bond donors (Lipinski definition) is 2. The van der Waals surface area contributed by atoms with Crippen molar-refractivity contribution >= 4 is 5.95 Å². The van der Waals surface area contributed by atoms with E-state index in [0.29, 0.717) is 17.4 Å². The van der Waals surface area contributed by atoms with Gasteiger partial charge in [0.1, 0.15) is 0 Å². The molecule has 6 nitrogen and oxygen atoms in total. The summed E-state index contributed by atoms with van der Waals surface area (Å²) in [5.74, 6) is 1.44. The summed E-state index contributed by atoms with van der Waals surface area (Å²) in [6.45, 7) is 1.92. The average Bonchev–Trinajstić information content (AvgIpc) is 3.05. The molecule has 1 aliphatic rings. The number of nitriles is 1. The van der Waals surface area contributed by atoms with Crippen molar-refractivity contribution in [2.75, 3.05) is 25.0 Å². The molecule has 2 aromatic rings. The van der Waals surface area contributed by atoms with Crippen LogP contribution >= 0.6 is 0 Å². The van der Waals surface area contributed by atoms with Crippen LogP contribution in [-0.2, 0) is 0 Å². The normalized spacial score (nSPS) is 15.9. The molecule has 6 heteroatoms. The van der Waals surface area contributed by atoms with Crippen molar-refractivity contribution in [1.29, 1.82) is 5.26 Å². The Balaban J connectivity index is 1.76. The summed E-state index contributed by atoms with van der Waals surface area (Å²) in [6, 6.07) is 10.1. The third kappa shape index (κ3) is 2.88. The molecule has 1 aromatic carbocycles. The Morgan fingerprint density at radius 1 is 1.38 bits per heavy atom. The predicted octanol–water partition coefficient (Wildman–Crippen LogP) is 1.53. The Labute approximate surface area is 123 Å². The van der Waals surface area contributed by atoms with E-state index >= 15 is 0 Å². The highest BCUT2D eigenvalue weighted by Gasteiger charge is 2.20. The molecule has 0 atom stereocenters. The Morgan fingerprint density at radius 2 is 2.19 bits per heavy atom. The van der Waals surface area contributed by atoms with Crippen molar-refractivity contribution < 1.29 is 0 Å². The van der Waals surface area contributed by atoms with Gasteiger partial charge in [0, 0.05) is 24.7 Å². The van der Waals surface area contributed by atoms with E-state index in [4.69, 9.17) is 5.26 Å². The Bertz CT molecular complexity index is 648. The molecule has 21 heavy (non-hydrogen) atoms. The van der Waals surface area contributed by atoms with E-state index in [1.54, 1.807) is 6.07 Å². The van der Waals surface area contributed by atoms with Crippen LogP contribution in [0.15, 0.2) is 24.3 Å². The van der Waals surface area contributed by atoms with Crippen LogP contribution in [0.3, 0.4) is 0 Å². The summed E-state index contributed by atoms with van der Waals surface area (Å²) >= 11 is 0. The molecule has 0 radical (unpaired) electrons. The van der Waals surface area contributed by atoms with Gasteiger partial charge in [0.15, 0.2) is 5.82 Å². The van der Waals surface area contributed by atoms with Gasteiger partial charge in [-0.2, -0.15) is 10.2 Å². The molecule has 2 N–H and O–H groups in total. The van der Waals surface area contributed by atoms with Gasteiger partial charge in [-0.25, -0.2) is 0 Å². The predicted molar refractivity (Wildman–Crippen MR) is 80.8 cm³/mol. The Kier molecular flexibility index (Phi) is 3.84. The first-order valence-electron chi connectivity index (χ1n) is 7.15. The molecule has 1 aliphatic heterocycles. The third-order valence-corrected chi connectivity index (χ3v) is 3.92. The molecule has 108 valence electrons. The molecule has 0 amide bonds. The molecule has 0 spiro atoms. The maximum atomic E-state index is 8.96.